The van der Waals surface area contributed by atoms with Gasteiger partial charge in [-0.15, -0.1) is 0 Å². The van der Waals surface area contributed by atoms with Crippen LogP contribution in [0.2, 0.25) is 0 Å². The minimum absolute atomic E-state index is 0.237. The van der Waals surface area contributed by atoms with E-state index in [2.05, 4.69) is 27.7 Å². The highest BCUT2D eigenvalue weighted by Crippen LogP contribution is 2.71. The summed E-state index contributed by atoms with van der Waals surface area (Å²) in [4.78, 5) is 0. The Kier molecular flexibility index (Phi) is 5.57. The Hall–Kier alpha value is -0.690. The van der Waals surface area contributed by atoms with Crippen LogP contribution in [0.15, 0.2) is 5.10 Å². The van der Waals surface area contributed by atoms with E-state index in [1.165, 1.54) is 12.8 Å². The molecule has 0 aromatic carbocycles. The van der Waals surface area contributed by atoms with Crippen LogP contribution in [0.5, 0.6) is 0 Å². The molecule has 35 heavy (non-hydrogen) atoms. The second-order valence-corrected chi connectivity index (χ2v) is 14.2. The number of hydrogen-bond acceptors (Lipinski definition) is 6. The highest BCUT2D eigenvalue weighted by atomic mass is 16.7. The van der Waals surface area contributed by atoms with Gasteiger partial charge in [0, 0.05) is 38.3 Å². The van der Waals surface area contributed by atoms with Gasteiger partial charge in [0.05, 0.1) is 24.5 Å². The molecule has 4 aliphatic carbocycles. The molecule has 2 saturated heterocycles. The predicted molar refractivity (Wildman–Crippen MR) is 136 cm³/mol. The number of aliphatic hydroxyl groups is 2. The quantitative estimate of drug-likeness (QED) is 0.534. The molecular formula is C29H48N2O4. The van der Waals surface area contributed by atoms with E-state index in [1.807, 2.05) is 19.1 Å². The topological polar surface area (TPSA) is 74.5 Å². The summed E-state index contributed by atoms with van der Waals surface area (Å²) in [6, 6.07) is 0. The van der Waals surface area contributed by atoms with Crippen molar-refractivity contribution in [2.24, 2.45) is 51.4 Å². The van der Waals surface area contributed by atoms with Gasteiger partial charge in [-0.3, -0.25) is 0 Å². The van der Waals surface area contributed by atoms with Gasteiger partial charge in [-0.05, 0) is 80.0 Å². The second-order valence-electron chi connectivity index (χ2n) is 14.2. The zero-order chi connectivity index (χ0) is 25.0. The van der Waals surface area contributed by atoms with Crippen LogP contribution in [0.25, 0.3) is 0 Å². The molecule has 0 aromatic heterocycles. The fourth-order valence-corrected chi connectivity index (χ4v) is 10.4. The van der Waals surface area contributed by atoms with Gasteiger partial charge in [0.2, 0.25) is 0 Å². The molecule has 2 aliphatic heterocycles. The first-order chi connectivity index (χ1) is 16.4. The van der Waals surface area contributed by atoms with Crippen LogP contribution < -0.4 is 0 Å². The lowest BCUT2D eigenvalue weighted by molar-refractivity contribution is -0.273. The van der Waals surface area contributed by atoms with E-state index in [4.69, 9.17) is 14.6 Å². The molecule has 0 aromatic rings. The smallest absolute Gasteiger partial charge is 0.171 e. The number of rotatable bonds is 1. The van der Waals surface area contributed by atoms with Gasteiger partial charge in [0.25, 0.3) is 0 Å². The number of nitrogens with zero attached hydrogens (tertiary/aromatic N) is 2. The molecule has 198 valence electrons. The number of hydrogen-bond donors (Lipinski definition) is 2. The molecule has 0 radical (unpaired) electrons. The molecule has 0 amide bonds. The van der Waals surface area contributed by atoms with Crippen molar-refractivity contribution in [1.82, 2.24) is 5.01 Å². The van der Waals surface area contributed by atoms with Crippen LogP contribution >= 0.6 is 0 Å². The molecule has 0 bridgehead atoms. The normalized spacial score (nSPS) is 58.6. The van der Waals surface area contributed by atoms with E-state index in [-0.39, 0.29) is 22.7 Å². The predicted octanol–water partition coefficient (Wildman–Crippen LogP) is 4.44. The molecule has 6 rings (SSSR count). The van der Waals surface area contributed by atoms with E-state index in [0.29, 0.717) is 41.9 Å². The maximum atomic E-state index is 12.2. The number of aliphatic hydroxyl groups excluding tert-OH is 1. The van der Waals surface area contributed by atoms with Gasteiger partial charge in [-0.25, -0.2) is 0 Å². The largest absolute Gasteiger partial charge is 0.393 e. The summed E-state index contributed by atoms with van der Waals surface area (Å²) in [6.07, 6.45) is 8.45. The molecule has 2 N–H and O–H groups in total. The van der Waals surface area contributed by atoms with Crippen molar-refractivity contribution >= 4 is 5.71 Å². The van der Waals surface area contributed by atoms with Crippen molar-refractivity contribution in [3.8, 4) is 0 Å². The SMILES string of the molecule is CC1CC[C@@]2(OC1)OC1C[C@H]3[C@@H]4CC(=NN(C)C)[C@@]5(O)CC(O)CC[C@]5(C)[C@H]4CC[C@]3(C)C1C2C. The maximum Gasteiger partial charge on any atom is 0.171 e. The van der Waals surface area contributed by atoms with Gasteiger partial charge in [-0.2, -0.15) is 5.10 Å². The fraction of sp³-hybridized carbons (Fsp3) is 0.966. The van der Waals surface area contributed by atoms with Crippen molar-refractivity contribution < 1.29 is 19.7 Å². The molecule has 6 heteroatoms. The molecule has 6 aliphatic rings. The van der Waals surface area contributed by atoms with Crippen LogP contribution in [-0.2, 0) is 9.47 Å². The van der Waals surface area contributed by atoms with E-state index >= 15 is 0 Å². The van der Waals surface area contributed by atoms with Crippen LogP contribution in [0.1, 0.15) is 85.5 Å². The van der Waals surface area contributed by atoms with E-state index in [9.17, 15) is 10.2 Å². The van der Waals surface area contributed by atoms with Gasteiger partial charge in [0.15, 0.2) is 5.79 Å². The van der Waals surface area contributed by atoms with Crippen molar-refractivity contribution in [3.63, 3.8) is 0 Å². The van der Waals surface area contributed by atoms with Gasteiger partial charge in [0.1, 0.15) is 5.60 Å². The molecule has 6 nitrogen and oxygen atoms in total. The summed E-state index contributed by atoms with van der Waals surface area (Å²) < 4.78 is 13.4. The third-order valence-corrected chi connectivity index (χ3v) is 12.2. The van der Waals surface area contributed by atoms with Crippen molar-refractivity contribution in [3.05, 3.63) is 0 Å². The third kappa shape index (κ3) is 3.25. The zero-order valence-electron chi connectivity index (χ0n) is 22.8. The Labute approximate surface area is 211 Å². The number of ether oxygens (including phenoxy) is 2. The first kappa shape index (κ1) is 24.6. The lowest BCUT2D eigenvalue weighted by Gasteiger charge is -2.64. The second kappa shape index (κ2) is 7.91. The van der Waals surface area contributed by atoms with E-state index < -0.39 is 11.7 Å². The Morgan fingerprint density at radius 2 is 1.80 bits per heavy atom. The molecule has 1 spiro atoms. The Morgan fingerprint density at radius 1 is 1.03 bits per heavy atom. The lowest BCUT2D eigenvalue weighted by atomic mass is 9.42. The summed E-state index contributed by atoms with van der Waals surface area (Å²) in [5.74, 6) is 2.77. The number of hydrazone groups is 1. The molecule has 6 fully saturated rings. The Balaban J connectivity index is 1.34. The first-order valence-electron chi connectivity index (χ1n) is 14.4. The molecular weight excluding hydrogens is 440 g/mol. The van der Waals surface area contributed by atoms with Gasteiger partial charge >= 0.3 is 0 Å². The summed E-state index contributed by atoms with van der Waals surface area (Å²) in [5, 5.41) is 29.5. The Bertz CT molecular complexity index is 884. The number of fused-ring (bicyclic) bond motifs is 7. The summed E-state index contributed by atoms with van der Waals surface area (Å²) in [7, 11) is 3.90. The van der Waals surface area contributed by atoms with Crippen LogP contribution in [0, 0.1) is 46.3 Å². The zero-order valence-corrected chi connectivity index (χ0v) is 22.8. The minimum atomic E-state index is -1.02. The standard InChI is InChI=1S/C29H48N2O4/c1-17-7-12-29(34-16-17)18(2)25-23(35-29)14-22-20-13-24(30-31(5)6)28(33)15-19(32)8-11-27(28,4)21(20)9-10-26(22,25)3/h17-23,25,32-33H,7-16H2,1-6H3/t17?,18?,19?,20-,21+,22+,23?,25?,26+,27-,28+,29-/m1/s1. The maximum absolute atomic E-state index is 12.2. The average molecular weight is 489 g/mol. The van der Waals surface area contributed by atoms with Gasteiger partial charge in [-0.1, -0.05) is 27.7 Å². The van der Waals surface area contributed by atoms with Crippen LogP contribution in [0.3, 0.4) is 0 Å². The van der Waals surface area contributed by atoms with Crippen LogP contribution in [-0.4, -0.2) is 65.2 Å². The molecule has 4 saturated carbocycles. The van der Waals surface area contributed by atoms with Crippen molar-refractivity contribution in [1.29, 1.82) is 0 Å². The van der Waals surface area contributed by atoms with E-state index in [1.54, 1.807) is 0 Å². The van der Waals surface area contributed by atoms with Gasteiger partial charge < -0.3 is 24.7 Å². The molecule has 2 heterocycles. The fourth-order valence-electron chi connectivity index (χ4n) is 10.4. The summed E-state index contributed by atoms with van der Waals surface area (Å²) in [6.45, 7) is 10.4. The van der Waals surface area contributed by atoms with Crippen LogP contribution in [0.4, 0.5) is 0 Å². The van der Waals surface area contributed by atoms with Crippen molar-refractivity contribution in [2.75, 3.05) is 20.7 Å². The highest BCUT2D eigenvalue weighted by molar-refractivity contribution is 5.94. The monoisotopic (exact) mass is 488 g/mol. The average Bonchev–Trinajstić information content (AvgIpc) is 3.23. The Morgan fingerprint density at radius 3 is 2.49 bits per heavy atom. The third-order valence-electron chi connectivity index (χ3n) is 12.2. The minimum Gasteiger partial charge on any atom is -0.393 e. The first-order valence-corrected chi connectivity index (χ1v) is 14.4. The lowest BCUT2D eigenvalue weighted by Crippen LogP contribution is -2.67. The van der Waals surface area contributed by atoms with Crippen molar-refractivity contribution in [2.45, 2.75) is 109 Å². The summed E-state index contributed by atoms with van der Waals surface area (Å²) in [5.41, 5.74) is -0.107. The van der Waals surface area contributed by atoms with E-state index in [0.717, 1.165) is 50.8 Å². The highest BCUT2D eigenvalue weighted by Gasteiger charge is 2.71. The molecule has 12 atom stereocenters. The summed E-state index contributed by atoms with van der Waals surface area (Å²) >= 11 is 0. The molecule has 5 unspecified atom stereocenters.